The highest BCUT2D eigenvalue weighted by Crippen LogP contribution is 2.52. The summed E-state index contributed by atoms with van der Waals surface area (Å²) in [5.41, 5.74) is 0.486. The van der Waals surface area contributed by atoms with Gasteiger partial charge in [0.1, 0.15) is 0 Å². The summed E-state index contributed by atoms with van der Waals surface area (Å²) in [6, 6.07) is 1.70. The molecular weight excluding hydrogens is 206 g/mol. The molecule has 0 aromatic rings. The third kappa shape index (κ3) is 2.41. The van der Waals surface area contributed by atoms with Crippen LogP contribution in [-0.2, 0) is 0 Å². The maximum atomic E-state index is 4.07. The lowest BCUT2D eigenvalue weighted by Gasteiger charge is -2.42. The van der Waals surface area contributed by atoms with E-state index in [1.165, 1.54) is 44.9 Å². The Morgan fingerprint density at radius 2 is 1.65 bits per heavy atom. The summed E-state index contributed by atoms with van der Waals surface area (Å²) >= 11 is 0. The topological polar surface area (TPSA) is 12.0 Å². The molecule has 0 bridgehead atoms. The van der Waals surface area contributed by atoms with E-state index in [1.54, 1.807) is 0 Å². The fourth-order valence-corrected chi connectivity index (χ4v) is 4.55. The van der Waals surface area contributed by atoms with Crippen molar-refractivity contribution in [3.05, 3.63) is 0 Å². The van der Waals surface area contributed by atoms with Gasteiger partial charge in [0.05, 0.1) is 0 Å². The third-order valence-corrected chi connectivity index (χ3v) is 5.65. The Hall–Kier alpha value is -0.0400. The van der Waals surface area contributed by atoms with E-state index in [0.29, 0.717) is 5.41 Å². The number of hydrogen-bond acceptors (Lipinski definition) is 1. The van der Waals surface area contributed by atoms with E-state index >= 15 is 0 Å². The van der Waals surface area contributed by atoms with Crippen LogP contribution >= 0.6 is 0 Å². The number of rotatable bonds is 2. The first kappa shape index (κ1) is 12.0. The van der Waals surface area contributed by atoms with Crippen LogP contribution in [0.2, 0.25) is 0 Å². The monoisotopic (exact) mass is 235 g/mol. The lowest BCUT2D eigenvalue weighted by Crippen LogP contribution is -2.48. The predicted molar refractivity (Wildman–Crippen MR) is 73.0 cm³/mol. The van der Waals surface area contributed by atoms with Gasteiger partial charge in [-0.05, 0) is 55.3 Å². The van der Waals surface area contributed by atoms with Crippen LogP contribution in [0.1, 0.15) is 65.7 Å². The van der Waals surface area contributed by atoms with E-state index in [9.17, 15) is 0 Å². The Labute approximate surface area is 107 Å². The SMILES string of the molecule is CC(C)(C)C1CCCCC1NC1CCC2CC21. The van der Waals surface area contributed by atoms with Crippen LogP contribution in [0.3, 0.4) is 0 Å². The van der Waals surface area contributed by atoms with Crippen molar-refractivity contribution >= 4 is 0 Å². The van der Waals surface area contributed by atoms with Gasteiger partial charge in [-0.1, -0.05) is 33.6 Å². The second-order valence-electron chi connectivity index (χ2n) is 7.87. The minimum Gasteiger partial charge on any atom is -0.311 e. The van der Waals surface area contributed by atoms with Crippen molar-refractivity contribution in [2.45, 2.75) is 77.8 Å². The van der Waals surface area contributed by atoms with E-state index < -0.39 is 0 Å². The van der Waals surface area contributed by atoms with Crippen molar-refractivity contribution in [2.75, 3.05) is 0 Å². The van der Waals surface area contributed by atoms with E-state index in [0.717, 1.165) is 29.8 Å². The maximum absolute atomic E-state index is 4.07. The quantitative estimate of drug-likeness (QED) is 0.763. The van der Waals surface area contributed by atoms with Crippen LogP contribution < -0.4 is 5.32 Å². The molecular formula is C16H29N. The van der Waals surface area contributed by atoms with E-state index in [-0.39, 0.29) is 0 Å². The standard InChI is InChI=1S/C16H29N/c1-16(2,3)13-6-4-5-7-15(13)17-14-9-8-11-10-12(11)14/h11-15,17H,4-10H2,1-3H3. The van der Waals surface area contributed by atoms with Gasteiger partial charge in [0.2, 0.25) is 0 Å². The Bertz CT molecular complexity index is 278. The first-order valence-corrected chi connectivity index (χ1v) is 7.82. The van der Waals surface area contributed by atoms with Gasteiger partial charge in [0.25, 0.3) is 0 Å². The summed E-state index contributed by atoms with van der Waals surface area (Å²) in [6.07, 6.45) is 10.3. The smallest absolute Gasteiger partial charge is 0.0103 e. The van der Waals surface area contributed by atoms with Crippen LogP contribution in [0.5, 0.6) is 0 Å². The van der Waals surface area contributed by atoms with E-state index in [4.69, 9.17) is 0 Å². The minimum atomic E-state index is 0.486. The zero-order valence-electron chi connectivity index (χ0n) is 11.8. The first-order chi connectivity index (χ1) is 8.05. The molecule has 17 heavy (non-hydrogen) atoms. The second-order valence-corrected chi connectivity index (χ2v) is 7.87. The molecule has 3 fully saturated rings. The molecule has 98 valence electrons. The van der Waals surface area contributed by atoms with Crippen LogP contribution in [-0.4, -0.2) is 12.1 Å². The number of nitrogens with one attached hydrogen (secondary N) is 1. The molecule has 0 heterocycles. The predicted octanol–water partition coefficient (Wildman–Crippen LogP) is 3.98. The maximum Gasteiger partial charge on any atom is 0.0103 e. The van der Waals surface area contributed by atoms with Crippen LogP contribution in [0.4, 0.5) is 0 Å². The number of hydrogen-bond donors (Lipinski definition) is 1. The molecule has 1 nitrogen and oxygen atoms in total. The molecule has 0 amide bonds. The van der Waals surface area contributed by atoms with Crippen molar-refractivity contribution in [3.8, 4) is 0 Å². The lowest BCUT2D eigenvalue weighted by atomic mass is 9.69. The van der Waals surface area contributed by atoms with Crippen molar-refractivity contribution in [1.29, 1.82) is 0 Å². The molecule has 0 aromatic heterocycles. The third-order valence-electron chi connectivity index (χ3n) is 5.65. The van der Waals surface area contributed by atoms with Crippen molar-refractivity contribution in [3.63, 3.8) is 0 Å². The zero-order valence-corrected chi connectivity index (χ0v) is 11.8. The number of fused-ring (bicyclic) bond motifs is 1. The summed E-state index contributed by atoms with van der Waals surface area (Å²) in [7, 11) is 0. The molecule has 3 saturated carbocycles. The lowest BCUT2D eigenvalue weighted by molar-refractivity contribution is 0.121. The molecule has 5 unspecified atom stereocenters. The largest absolute Gasteiger partial charge is 0.311 e. The van der Waals surface area contributed by atoms with Crippen LogP contribution in [0.15, 0.2) is 0 Å². The van der Waals surface area contributed by atoms with Gasteiger partial charge in [-0.2, -0.15) is 0 Å². The normalized spacial score (nSPS) is 45.7. The molecule has 0 aromatic carbocycles. The molecule has 0 aliphatic heterocycles. The van der Waals surface area contributed by atoms with Crippen LogP contribution in [0, 0.1) is 23.2 Å². The summed E-state index contributed by atoms with van der Waals surface area (Å²) < 4.78 is 0. The van der Waals surface area contributed by atoms with Gasteiger partial charge < -0.3 is 5.32 Å². The van der Waals surface area contributed by atoms with E-state index in [1.807, 2.05) is 0 Å². The Kier molecular flexibility index (Phi) is 3.01. The molecule has 0 radical (unpaired) electrons. The molecule has 3 aliphatic carbocycles. The van der Waals surface area contributed by atoms with Gasteiger partial charge in [-0.15, -0.1) is 0 Å². The molecule has 3 rings (SSSR count). The summed E-state index contributed by atoms with van der Waals surface area (Å²) in [6.45, 7) is 7.31. The minimum absolute atomic E-state index is 0.486. The zero-order chi connectivity index (χ0) is 12.0. The average Bonchev–Trinajstić information content (AvgIpc) is 2.95. The second kappa shape index (κ2) is 4.26. The van der Waals surface area contributed by atoms with Gasteiger partial charge in [-0.3, -0.25) is 0 Å². The fraction of sp³-hybridized carbons (Fsp3) is 1.00. The molecule has 3 aliphatic rings. The Balaban J connectivity index is 1.63. The molecule has 1 N–H and O–H groups in total. The highest BCUT2D eigenvalue weighted by atomic mass is 15.0. The van der Waals surface area contributed by atoms with Gasteiger partial charge >= 0.3 is 0 Å². The van der Waals surface area contributed by atoms with Crippen molar-refractivity contribution in [1.82, 2.24) is 5.32 Å². The molecule has 0 saturated heterocycles. The van der Waals surface area contributed by atoms with E-state index in [2.05, 4.69) is 26.1 Å². The summed E-state index contributed by atoms with van der Waals surface area (Å²) in [4.78, 5) is 0. The van der Waals surface area contributed by atoms with Gasteiger partial charge in [-0.25, -0.2) is 0 Å². The van der Waals surface area contributed by atoms with Crippen molar-refractivity contribution in [2.24, 2.45) is 23.2 Å². The highest BCUT2D eigenvalue weighted by molar-refractivity contribution is 5.03. The first-order valence-electron chi connectivity index (χ1n) is 7.82. The Morgan fingerprint density at radius 3 is 2.24 bits per heavy atom. The summed E-state index contributed by atoms with van der Waals surface area (Å²) in [5, 5.41) is 4.07. The van der Waals surface area contributed by atoms with Crippen LogP contribution in [0.25, 0.3) is 0 Å². The van der Waals surface area contributed by atoms with Crippen molar-refractivity contribution < 1.29 is 0 Å². The van der Waals surface area contributed by atoms with Gasteiger partial charge in [0, 0.05) is 12.1 Å². The molecule has 1 heteroatoms. The highest BCUT2D eigenvalue weighted by Gasteiger charge is 2.49. The fourth-order valence-electron chi connectivity index (χ4n) is 4.55. The average molecular weight is 235 g/mol. The molecule has 5 atom stereocenters. The van der Waals surface area contributed by atoms with Gasteiger partial charge in [0.15, 0.2) is 0 Å². The Morgan fingerprint density at radius 1 is 0.882 bits per heavy atom. The molecule has 0 spiro atoms. The summed E-state index contributed by atoms with van der Waals surface area (Å²) in [5.74, 6) is 3.08.